The fraction of sp³-hybridized carbons (Fsp3) is 0.261. The third kappa shape index (κ3) is 2.80. The average Bonchev–Trinajstić information content (AvgIpc) is 3.40. The number of carbonyl (C=O) groups excluding carboxylic acids is 1. The number of ether oxygens (including phenoxy) is 2. The number of aromatic amines is 1. The number of nitrogens with one attached hydrogen (secondary N) is 1. The zero-order chi connectivity index (χ0) is 21.5. The maximum Gasteiger partial charge on any atom is 0.325 e. The molecular weight excluding hydrogens is 382 g/mol. The zero-order valence-corrected chi connectivity index (χ0v) is 17.2. The van der Waals surface area contributed by atoms with Crippen molar-refractivity contribution in [1.29, 1.82) is 5.26 Å². The summed E-state index contributed by atoms with van der Waals surface area (Å²) < 4.78 is 17.2. The predicted octanol–water partition coefficient (Wildman–Crippen LogP) is 4.37. The van der Waals surface area contributed by atoms with Gasteiger partial charge in [0.2, 0.25) is 5.89 Å². The Bertz CT molecular complexity index is 1310. The lowest BCUT2D eigenvalue weighted by atomic mass is 9.79. The smallest absolute Gasteiger partial charge is 0.325 e. The van der Waals surface area contributed by atoms with Gasteiger partial charge in [-0.1, -0.05) is 0 Å². The first-order valence-corrected chi connectivity index (χ1v) is 9.57. The van der Waals surface area contributed by atoms with Crippen LogP contribution in [-0.4, -0.2) is 29.7 Å². The van der Waals surface area contributed by atoms with Gasteiger partial charge in [0.05, 0.1) is 25.3 Å². The number of aromatic nitrogens is 2. The van der Waals surface area contributed by atoms with E-state index in [1.54, 1.807) is 39.2 Å². The van der Waals surface area contributed by atoms with Crippen molar-refractivity contribution in [2.45, 2.75) is 26.2 Å². The molecule has 0 aliphatic heterocycles. The number of rotatable bonds is 5. The number of hydrogen-bond donors (Lipinski definition) is 1. The largest absolute Gasteiger partial charge is 0.496 e. The molecule has 1 unspecified atom stereocenters. The van der Waals surface area contributed by atoms with Crippen LogP contribution in [-0.2, 0) is 14.9 Å². The van der Waals surface area contributed by atoms with Crippen molar-refractivity contribution in [3.8, 4) is 11.8 Å². The molecule has 1 atom stereocenters. The molecule has 152 valence electrons. The summed E-state index contributed by atoms with van der Waals surface area (Å²) in [5.74, 6) is 0.215. The molecule has 0 amide bonds. The standard InChI is InChI=1S/C23H21N3O4/c1-5-29-22(27)23(3,21-26-16-11-14(12-24)6-7-17(16)30-21)19-15-8-9-25-20(15)13(2)10-18(19)28-4/h6-11,25H,5H2,1-4H3. The van der Waals surface area contributed by atoms with Crippen LogP contribution in [0, 0.1) is 18.3 Å². The van der Waals surface area contributed by atoms with Gasteiger partial charge in [0.1, 0.15) is 11.3 Å². The lowest BCUT2D eigenvalue weighted by Gasteiger charge is -2.27. The average molecular weight is 403 g/mol. The molecule has 0 saturated heterocycles. The molecule has 4 rings (SSSR count). The number of methoxy groups -OCH3 is 1. The summed E-state index contributed by atoms with van der Waals surface area (Å²) in [5, 5.41) is 10.0. The van der Waals surface area contributed by atoms with Crippen molar-refractivity contribution in [3.05, 3.63) is 59.1 Å². The minimum Gasteiger partial charge on any atom is -0.496 e. The van der Waals surface area contributed by atoms with Crippen LogP contribution in [0.1, 0.15) is 36.4 Å². The highest BCUT2D eigenvalue weighted by Crippen LogP contribution is 2.44. The molecule has 4 aromatic rings. The van der Waals surface area contributed by atoms with E-state index in [1.165, 1.54) is 0 Å². The van der Waals surface area contributed by atoms with Crippen LogP contribution in [0.3, 0.4) is 0 Å². The van der Waals surface area contributed by atoms with E-state index in [0.29, 0.717) is 28.0 Å². The fourth-order valence-corrected chi connectivity index (χ4v) is 3.84. The first-order valence-electron chi connectivity index (χ1n) is 9.57. The maximum absolute atomic E-state index is 13.3. The molecule has 7 heteroatoms. The monoisotopic (exact) mass is 403 g/mol. The van der Waals surface area contributed by atoms with Gasteiger partial charge in [0, 0.05) is 22.7 Å². The molecule has 2 aromatic heterocycles. The Hall–Kier alpha value is -3.79. The summed E-state index contributed by atoms with van der Waals surface area (Å²) >= 11 is 0. The Morgan fingerprint density at radius 1 is 1.33 bits per heavy atom. The van der Waals surface area contributed by atoms with Crippen LogP contribution in [0.4, 0.5) is 0 Å². The molecule has 2 heterocycles. The van der Waals surface area contributed by atoms with Crippen LogP contribution in [0.25, 0.3) is 22.0 Å². The second-order valence-corrected chi connectivity index (χ2v) is 7.20. The minimum absolute atomic E-state index is 0.177. The summed E-state index contributed by atoms with van der Waals surface area (Å²) in [5.41, 5.74) is 2.55. The molecule has 0 saturated carbocycles. The van der Waals surface area contributed by atoms with Crippen molar-refractivity contribution in [2.24, 2.45) is 0 Å². The Labute approximate surface area is 173 Å². The van der Waals surface area contributed by atoms with Crippen LogP contribution >= 0.6 is 0 Å². The number of oxazole rings is 1. The molecule has 1 N–H and O–H groups in total. The third-order valence-electron chi connectivity index (χ3n) is 5.35. The van der Waals surface area contributed by atoms with Crippen molar-refractivity contribution in [3.63, 3.8) is 0 Å². The van der Waals surface area contributed by atoms with Crippen molar-refractivity contribution >= 4 is 28.0 Å². The van der Waals surface area contributed by atoms with Gasteiger partial charge in [-0.2, -0.15) is 5.26 Å². The van der Waals surface area contributed by atoms with Gasteiger partial charge in [-0.05, 0) is 56.7 Å². The normalized spacial score (nSPS) is 13.2. The van der Waals surface area contributed by atoms with Crippen molar-refractivity contribution in [2.75, 3.05) is 13.7 Å². The molecule has 0 bridgehead atoms. The first-order chi connectivity index (χ1) is 14.4. The number of benzene rings is 2. The second-order valence-electron chi connectivity index (χ2n) is 7.20. The topological polar surface area (TPSA) is 101 Å². The van der Waals surface area contributed by atoms with Crippen LogP contribution in [0.2, 0.25) is 0 Å². The van der Waals surface area contributed by atoms with Gasteiger partial charge >= 0.3 is 5.97 Å². The van der Waals surface area contributed by atoms with E-state index in [-0.39, 0.29) is 12.5 Å². The number of nitriles is 1. The van der Waals surface area contributed by atoms with Gasteiger partial charge in [-0.15, -0.1) is 0 Å². The number of esters is 1. The van der Waals surface area contributed by atoms with Crippen molar-refractivity contribution in [1.82, 2.24) is 9.97 Å². The van der Waals surface area contributed by atoms with E-state index in [1.807, 2.05) is 25.3 Å². The molecule has 30 heavy (non-hydrogen) atoms. The molecular formula is C23H21N3O4. The Kier molecular flexibility index (Phi) is 4.70. The number of hydrogen-bond acceptors (Lipinski definition) is 6. The highest BCUT2D eigenvalue weighted by atomic mass is 16.5. The maximum atomic E-state index is 13.3. The summed E-state index contributed by atoms with van der Waals surface area (Å²) in [6, 6.07) is 10.8. The molecule has 0 aliphatic rings. The molecule has 0 radical (unpaired) electrons. The fourth-order valence-electron chi connectivity index (χ4n) is 3.84. The second kappa shape index (κ2) is 7.23. The van der Waals surface area contributed by atoms with Gasteiger partial charge < -0.3 is 18.9 Å². The van der Waals surface area contributed by atoms with Gasteiger partial charge in [0.15, 0.2) is 11.0 Å². The Balaban J connectivity index is 2.06. The van der Waals surface area contributed by atoms with E-state index in [9.17, 15) is 10.1 Å². The van der Waals surface area contributed by atoms with Crippen LogP contribution in [0.5, 0.6) is 5.75 Å². The number of nitrogens with zero attached hydrogens (tertiary/aromatic N) is 2. The molecule has 7 nitrogen and oxygen atoms in total. The summed E-state index contributed by atoms with van der Waals surface area (Å²) in [6.45, 7) is 5.65. The number of H-pyrrole nitrogens is 1. The quantitative estimate of drug-likeness (QED) is 0.497. The number of aryl methyl sites for hydroxylation is 1. The summed E-state index contributed by atoms with van der Waals surface area (Å²) in [7, 11) is 1.56. The molecule has 0 aliphatic carbocycles. The first kappa shape index (κ1) is 19.5. The lowest BCUT2D eigenvalue weighted by molar-refractivity contribution is -0.148. The Morgan fingerprint density at radius 3 is 2.83 bits per heavy atom. The van der Waals surface area contributed by atoms with Crippen LogP contribution in [0.15, 0.2) is 40.9 Å². The van der Waals surface area contributed by atoms with E-state index in [2.05, 4.69) is 16.0 Å². The third-order valence-corrected chi connectivity index (χ3v) is 5.35. The SMILES string of the molecule is CCOC(=O)C(C)(c1nc2cc(C#N)ccc2o1)c1c(OC)cc(C)c2[nH]ccc12. The van der Waals surface area contributed by atoms with Gasteiger partial charge in [0.25, 0.3) is 0 Å². The number of fused-ring (bicyclic) bond motifs is 2. The van der Waals surface area contributed by atoms with Crippen LogP contribution < -0.4 is 4.74 Å². The highest BCUT2D eigenvalue weighted by Gasteiger charge is 2.47. The minimum atomic E-state index is -1.37. The Morgan fingerprint density at radius 2 is 2.13 bits per heavy atom. The zero-order valence-electron chi connectivity index (χ0n) is 17.2. The highest BCUT2D eigenvalue weighted by molar-refractivity contribution is 5.97. The summed E-state index contributed by atoms with van der Waals surface area (Å²) in [4.78, 5) is 21.1. The molecule has 0 fully saturated rings. The number of carbonyl (C=O) groups is 1. The summed E-state index contributed by atoms with van der Waals surface area (Å²) in [6.07, 6.45) is 1.82. The van der Waals surface area contributed by atoms with Gasteiger partial charge in [-0.25, -0.2) is 4.98 Å². The molecule has 2 aromatic carbocycles. The van der Waals surface area contributed by atoms with E-state index >= 15 is 0 Å². The molecule has 0 spiro atoms. The van der Waals surface area contributed by atoms with Crippen molar-refractivity contribution < 1.29 is 18.7 Å². The van der Waals surface area contributed by atoms with E-state index < -0.39 is 11.4 Å². The predicted molar refractivity (Wildman–Crippen MR) is 111 cm³/mol. The van der Waals surface area contributed by atoms with Gasteiger partial charge in [-0.3, -0.25) is 4.79 Å². The van der Waals surface area contributed by atoms with E-state index in [0.717, 1.165) is 16.5 Å². The van der Waals surface area contributed by atoms with E-state index in [4.69, 9.17) is 13.9 Å². The lowest BCUT2D eigenvalue weighted by Crippen LogP contribution is -2.36.